The van der Waals surface area contributed by atoms with E-state index in [-0.39, 0.29) is 5.41 Å². The first-order chi connectivity index (χ1) is 21.1. The highest BCUT2D eigenvalue weighted by atomic mass is 15.2. The van der Waals surface area contributed by atoms with Gasteiger partial charge in [0.05, 0.1) is 0 Å². The Morgan fingerprint density at radius 2 is 1.14 bits per heavy atom. The van der Waals surface area contributed by atoms with Gasteiger partial charge in [-0.25, -0.2) is 0 Å². The molecule has 1 aliphatic heterocycles. The zero-order chi connectivity index (χ0) is 29.0. The molecule has 6 aromatic rings. The predicted molar refractivity (Wildman–Crippen MR) is 181 cm³/mol. The normalized spacial score (nSPS) is 14.2. The van der Waals surface area contributed by atoms with Crippen LogP contribution in [0, 0.1) is 0 Å². The van der Waals surface area contributed by atoms with Gasteiger partial charge in [-0.3, -0.25) is 0 Å². The lowest BCUT2D eigenvalue weighted by Crippen LogP contribution is -2.17. The molecule has 1 aliphatic carbocycles. The SMILES string of the molecule is CC1(C)c2ccccc2-c2ccc(N(c3ccc(-c4ccccc4)cc3)c3ccc4c(c3)N(c3ccccc3)CC4)cc21. The maximum Gasteiger partial charge on any atom is 0.0482 e. The second-order valence-electron chi connectivity index (χ2n) is 12.2. The molecule has 0 atom stereocenters. The topological polar surface area (TPSA) is 6.48 Å². The van der Waals surface area contributed by atoms with E-state index in [0.717, 1.165) is 18.7 Å². The molecule has 8 rings (SSSR count). The average Bonchev–Trinajstić information content (AvgIpc) is 3.58. The van der Waals surface area contributed by atoms with Gasteiger partial charge in [0.1, 0.15) is 0 Å². The maximum absolute atomic E-state index is 2.46. The summed E-state index contributed by atoms with van der Waals surface area (Å²) in [4.78, 5) is 4.88. The molecule has 0 spiro atoms. The number of fused-ring (bicyclic) bond motifs is 4. The monoisotopic (exact) mass is 554 g/mol. The van der Waals surface area contributed by atoms with Gasteiger partial charge in [-0.05, 0) is 93.9 Å². The van der Waals surface area contributed by atoms with E-state index in [9.17, 15) is 0 Å². The third kappa shape index (κ3) is 4.25. The van der Waals surface area contributed by atoms with Crippen molar-refractivity contribution in [3.8, 4) is 22.3 Å². The molecule has 2 heteroatoms. The zero-order valence-corrected chi connectivity index (χ0v) is 24.7. The molecule has 0 aromatic heterocycles. The summed E-state index contributed by atoms with van der Waals surface area (Å²) < 4.78 is 0. The summed E-state index contributed by atoms with van der Waals surface area (Å²) in [7, 11) is 0. The molecule has 0 radical (unpaired) electrons. The number of benzene rings is 6. The van der Waals surface area contributed by atoms with Gasteiger partial charge in [0.25, 0.3) is 0 Å². The van der Waals surface area contributed by atoms with Gasteiger partial charge in [0.2, 0.25) is 0 Å². The van der Waals surface area contributed by atoms with Crippen molar-refractivity contribution in [1.29, 1.82) is 0 Å². The number of nitrogens with zero attached hydrogens (tertiary/aromatic N) is 2. The minimum Gasteiger partial charge on any atom is -0.341 e. The van der Waals surface area contributed by atoms with Gasteiger partial charge in [0.15, 0.2) is 0 Å². The molecular formula is C41H34N2. The Hall–Kier alpha value is -5.08. The molecule has 6 aromatic carbocycles. The summed E-state index contributed by atoms with van der Waals surface area (Å²) in [5.74, 6) is 0. The Labute approximate surface area is 254 Å². The van der Waals surface area contributed by atoms with Gasteiger partial charge in [0, 0.05) is 40.4 Å². The fraction of sp³-hybridized carbons (Fsp3) is 0.122. The average molecular weight is 555 g/mol. The van der Waals surface area contributed by atoms with Crippen molar-refractivity contribution in [3.05, 3.63) is 162 Å². The second-order valence-corrected chi connectivity index (χ2v) is 12.2. The molecule has 0 saturated heterocycles. The summed E-state index contributed by atoms with van der Waals surface area (Å²) in [6.07, 6.45) is 1.06. The van der Waals surface area contributed by atoms with Crippen LogP contribution in [0.5, 0.6) is 0 Å². The number of anilines is 5. The van der Waals surface area contributed by atoms with E-state index in [1.807, 2.05) is 0 Å². The Bertz CT molecular complexity index is 1940. The Morgan fingerprint density at radius 3 is 1.93 bits per heavy atom. The van der Waals surface area contributed by atoms with Crippen LogP contribution in [-0.4, -0.2) is 6.54 Å². The third-order valence-electron chi connectivity index (χ3n) is 9.35. The minimum atomic E-state index is -0.0627. The predicted octanol–water partition coefficient (Wildman–Crippen LogP) is 10.8. The Kier molecular flexibility index (Phi) is 5.97. The van der Waals surface area contributed by atoms with E-state index in [4.69, 9.17) is 0 Å². The quantitative estimate of drug-likeness (QED) is 0.209. The van der Waals surface area contributed by atoms with Gasteiger partial charge in [-0.15, -0.1) is 0 Å². The van der Waals surface area contributed by atoms with Crippen molar-refractivity contribution >= 4 is 28.4 Å². The fourth-order valence-corrected chi connectivity index (χ4v) is 7.09. The van der Waals surface area contributed by atoms with E-state index >= 15 is 0 Å². The molecule has 0 unspecified atom stereocenters. The number of hydrogen-bond donors (Lipinski definition) is 0. The molecule has 0 amide bonds. The minimum absolute atomic E-state index is 0.0627. The Balaban J connectivity index is 1.27. The molecule has 43 heavy (non-hydrogen) atoms. The lowest BCUT2D eigenvalue weighted by molar-refractivity contribution is 0.660. The summed E-state index contributed by atoms with van der Waals surface area (Å²) in [5, 5.41) is 0. The van der Waals surface area contributed by atoms with E-state index in [0.29, 0.717) is 0 Å². The van der Waals surface area contributed by atoms with Crippen molar-refractivity contribution in [2.45, 2.75) is 25.7 Å². The highest BCUT2D eigenvalue weighted by Crippen LogP contribution is 2.51. The number of hydrogen-bond acceptors (Lipinski definition) is 2. The van der Waals surface area contributed by atoms with Gasteiger partial charge >= 0.3 is 0 Å². The van der Waals surface area contributed by atoms with E-state index in [1.165, 1.54) is 61.7 Å². The first kappa shape index (κ1) is 25.6. The van der Waals surface area contributed by atoms with Crippen LogP contribution in [0.1, 0.15) is 30.5 Å². The summed E-state index contributed by atoms with van der Waals surface area (Å²) >= 11 is 0. The lowest BCUT2D eigenvalue weighted by atomic mass is 9.82. The molecule has 0 saturated carbocycles. The first-order valence-corrected chi connectivity index (χ1v) is 15.2. The number of para-hydroxylation sites is 1. The molecule has 0 N–H and O–H groups in total. The van der Waals surface area contributed by atoms with Gasteiger partial charge in [-0.2, -0.15) is 0 Å². The van der Waals surface area contributed by atoms with Crippen molar-refractivity contribution in [3.63, 3.8) is 0 Å². The highest BCUT2D eigenvalue weighted by Gasteiger charge is 2.35. The van der Waals surface area contributed by atoms with Crippen LogP contribution in [0.2, 0.25) is 0 Å². The Morgan fingerprint density at radius 1 is 0.535 bits per heavy atom. The van der Waals surface area contributed by atoms with E-state index in [2.05, 4.69) is 169 Å². The van der Waals surface area contributed by atoms with Gasteiger partial charge < -0.3 is 9.80 Å². The molecule has 2 nitrogen and oxygen atoms in total. The summed E-state index contributed by atoms with van der Waals surface area (Å²) in [6.45, 7) is 5.71. The molecule has 1 heterocycles. The fourth-order valence-electron chi connectivity index (χ4n) is 7.09. The van der Waals surface area contributed by atoms with E-state index < -0.39 is 0 Å². The van der Waals surface area contributed by atoms with Crippen LogP contribution < -0.4 is 9.80 Å². The van der Waals surface area contributed by atoms with Crippen LogP contribution in [0.3, 0.4) is 0 Å². The standard InChI is InChI=1S/C41H34N2/c1-41(2)38-16-10-9-15-36(38)37-24-23-34(27-39(37)41)43(33-20-17-30(18-21-33)29-11-5-3-6-12-29)35-22-19-31-25-26-42(40(31)28-35)32-13-7-4-8-14-32/h3-24,27-28H,25-26H2,1-2H3. The first-order valence-electron chi connectivity index (χ1n) is 15.2. The summed E-state index contributed by atoms with van der Waals surface area (Å²) in [5.41, 5.74) is 15.3. The third-order valence-corrected chi connectivity index (χ3v) is 9.35. The largest absolute Gasteiger partial charge is 0.341 e. The highest BCUT2D eigenvalue weighted by molar-refractivity contribution is 5.87. The molecule has 0 bridgehead atoms. The van der Waals surface area contributed by atoms with Crippen molar-refractivity contribution < 1.29 is 0 Å². The van der Waals surface area contributed by atoms with Crippen LogP contribution in [0.15, 0.2) is 146 Å². The van der Waals surface area contributed by atoms with Crippen molar-refractivity contribution in [1.82, 2.24) is 0 Å². The molecule has 2 aliphatic rings. The zero-order valence-electron chi connectivity index (χ0n) is 24.7. The molecule has 0 fully saturated rings. The van der Waals surface area contributed by atoms with E-state index in [1.54, 1.807) is 0 Å². The van der Waals surface area contributed by atoms with Crippen molar-refractivity contribution in [2.24, 2.45) is 0 Å². The van der Waals surface area contributed by atoms with Crippen LogP contribution in [0.25, 0.3) is 22.3 Å². The summed E-state index contributed by atoms with van der Waals surface area (Å²) in [6, 6.07) is 53.3. The van der Waals surface area contributed by atoms with Crippen molar-refractivity contribution in [2.75, 3.05) is 16.3 Å². The smallest absolute Gasteiger partial charge is 0.0482 e. The lowest BCUT2D eigenvalue weighted by Gasteiger charge is -2.29. The maximum atomic E-state index is 2.46. The van der Waals surface area contributed by atoms with Gasteiger partial charge in [-0.1, -0.05) is 111 Å². The van der Waals surface area contributed by atoms with Crippen LogP contribution in [-0.2, 0) is 11.8 Å². The second kappa shape index (κ2) is 10.0. The molecule has 208 valence electrons. The van der Waals surface area contributed by atoms with Crippen LogP contribution >= 0.6 is 0 Å². The van der Waals surface area contributed by atoms with Crippen LogP contribution in [0.4, 0.5) is 28.4 Å². The number of rotatable bonds is 5. The molecular weight excluding hydrogens is 520 g/mol.